The van der Waals surface area contributed by atoms with Gasteiger partial charge in [-0.1, -0.05) is 85.8 Å². The van der Waals surface area contributed by atoms with E-state index < -0.39 is 35.1 Å². The molecule has 0 saturated carbocycles. The molecular weight excluding hydrogens is 614 g/mol. The van der Waals surface area contributed by atoms with Crippen LogP contribution >= 0.6 is 0 Å². The van der Waals surface area contributed by atoms with Gasteiger partial charge in [-0.3, -0.25) is 14.4 Å². The number of likely N-dealkylation sites (tertiary alicyclic amines) is 1. The minimum absolute atomic E-state index is 0.142. The van der Waals surface area contributed by atoms with Crippen LogP contribution in [0.5, 0.6) is 0 Å². The number of rotatable bonds is 12. The van der Waals surface area contributed by atoms with Crippen molar-refractivity contribution in [3.8, 4) is 0 Å². The van der Waals surface area contributed by atoms with Crippen LogP contribution in [0.1, 0.15) is 37.0 Å². The van der Waals surface area contributed by atoms with E-state index >= 15 is 9.59 Å². The first-order chi connectivity index (χ1) is 23.5. The predicted octanol–water partition coefficient (Wildman–Crippen LogP) is 5.66. The van der Waals surface area contributed by atoms with Gasteiger partial charge >= 0.3 is 0 Å². The van der Waals surface area contributed by atoms with E-state index in [1.54, 1.807) is 26.9 Å². The zero-order valence-electron chi connectivity index (χ0n) is 28.9. The summed E-state index contributed by atoms with van der Waals surface area (Å²) in [4.78, 5) is 50.3. The Morgan fingerprint density at radius 2 is 1.53 bits per heavy atom. The standard InChI is InChI=1S/C41H47N3O5/c1-7-22-42(31-20-13-10-14-21-31)37(46)33-34-38(47)44(32(26-45)24-30-18-11-9-12-19-30)36(41(34)25-29(5)40(33,6)49-41)39(48)43(23-8-2)35-27(3)16-15-17-28(35)4/h7-21,29,32-34,36,45H,1-2,22-26H2,3-6H3/t29?,32-,33-,34+,36?,40+,41?/m1/s1. The highest BCUT2D eigenvalue weighted by molar-refractivity contribution is 6.07. The van der Waals surface area contributed by atoms with Crippen molar-refractivity contribution < 1.29 is 24.2 Å². The topological polar surface area (TPSA) is 90.4 Å². The van der Waals surface area contributed by atoms with Crippen LogP contribution in [0.15, 0.2) is 104 Å². The van der Waals surface area contributed by atoms with Crippen molar-refractivity contribution in [2.24, 2.45) is 17.8 Å². The van der Waals surface area contributed by atoms with Crippen molar-refractivity contribution in [1.29, 1.82) is 0 Å². The van der Waals surface area contributed by atoms with Gasteiger partial charge < -0.3 is 24.5 Å². The van der Waals surface area contributed by atoms with E-state index in [2.05, 4.69) is 13.2 Å². The van der Waals surface area contributed by atoms with Crippen LogP contribution < -0.4 is 9.80 Å². The number of hydrogen-bond acceptors (Lipinski definition) is 5. The van der Waals surface area contributed by atoms with Crippen molar-refractivity contribution in [2.75, 3.05) is 29.5 Å². The zero-order chi connectivity index (χ0) is 35.1. The van der Waals surface area contributed by atoms with E-state index in [0.29, 0.717) is 18.5 Å². The molecule has 3 aliphatic rings. The van der Waals surface area contributed by atoms with Gasteiger partial charge in [-0.05, 0) is 68.4 Å². The normalized spacial score (nSPS) is 27.4. The maximum Gasteiger partial charge on any atom is 0.253 e. The van der Waals surface area contributed by atoms with E-state index in [-0.39, 0.29) is 43.3 Å². The van der Waals surface area contributed by atoms with Crippen LogP contribution in [0.2, 0.25) is 0 Å². The fraction of sp³-hybridized carbons (Fsp3) is 0.390. The first kappa shape index (κ1) is 34.3. The number of nitrogens with zero attached hydrogens (tertiary/aromatic N) is 3. The predicted molar refractivity (Wildman–Crippen MR) is 192 cm³/mol. The third-order valence-corrected chi connectivity index (χ3v) is 11.1. The molecule has 1 spiro atoms. The fourth-order valence-corrected chi connectivity index (χ4v) is 8.89. The zero-order valence-corrected chi connectivity index (χ0v) is 28.9. The number of amides is 3. The van der Waals surface area contributed by atoms with Gasteiger partial charge in [-0.2, -0.15) is 0 Å². The quantitative estimate of drug-likeness (QED) is 0.253. The summed E-state index contributed by atoms with van der Waals surface area (Å²) in [5, 5.41) is 11.0. The molecular formula is C41H47N3O5. The summed E-state index contributed by atoms with van der Waals surface area (Å²) in [6, 6.07) is 23.1. The molecule has 3 aromatic carbocycles. The van der Waals surface area contributed by atoms with Crippen molar-refractivity contribution in [3.05, 3.63) is 121 Å². The molecule has 0 aromatic heterocycles. The van der Waals surface area contributed by atoms with Crippen molar-refractivity contribution >= 4 is 29.1 Å². The second-order valence-electron chi connectivity index (χ2n) is 14.0. The third kappa shape index (κ3) is 5.51. The fourth-order valence-electron chi connectivity index (χ4n) is 8.89. The SMILES string of the molecule is C=CCN(C(=O)[C@H]1[C@H]2C(=O)N([C@@H](CO)Cc3ccccc3)C(C(=O)N(CC=C)c3c(C)cccc3C)C23CC(C)[C@]1(C)O3)c1ccccc1. The van der Waals surface area contributed by atoms with Gasteiger partial charge in [0.1, 0.15) is 11.6 Å². The van der Waals surface area contributed by atoms with E-state index in [1.165, 1.54) is 0 Å². The Labute approximate surface area is 289 Å². The van der Waals surface area contributed by atoms with Crippen LogP contribution in [0, 0.1) is 31.6 Å². The highest BCUT2D eigenvalue weighted by Crippen LogP contribution is 2.66. The number of aryl methyl sites for hydroxylation is 2. The summed E-state index contributed by atoms with van der Waals surface area (Å²) in [5.41, 5.74) is 1.90. The molecule has 3 saturated heterocycles. The van der Waals surface area contributed by atoms with Crippen LogP contribution in [-0.2, 0) is 25.5 Å². The second kappa shape index (κ2) is 13.4. The largest absolute Gasteiger partial charge is 0.394 e. The number of fused-ring (bicyclic) bond motifs is 1. The van der Waals surface area contributed by atoms with Gasteiger partial charge in [0.15, 0.2) is 0 Å². The summed E-state index contributed by atoms with van der Waals surface area (Å²) in [6.45, 7) is 15.9. The van der Waals surface area contributed by atoms with E-state index in [0.717, 1.165) is 22.4 Å². The molecule has 8 heteroatoms. The molecule has 3 fully saturated rings. The number of ether oxygens (including phenoxy) is 1. The highest BCUT2D eigenvalue weighted by Gasteiger charge is 2.80. The number of carbonyl (C=O) groups is 3. The number of hydrogen-bond donors (Lipinski definition) is 1. The summed E-state index contributed by atoms with van der Waals surface area (Å²) >= 11 is 0. The average Bonchev–Trinajstić information content (AvgIpc) is 3.62. The van der Waals surface area contributed by atoms with Gasteiger partial charge in [-0.25, -0.2) is 0 Å². The Hall–Kier alpha value is -4.53. The molecule has 6 rings (SSSR count). The van der Waals surface area contributed by atoms with Gasteiger partial charge in [0.05, 0.1) is 30.1 Å². The molecule has 256 valence electrons. The molecule has 8 nitrogen and oxygen atoms in total. The molecule has 49 heavy (non-hydrogen) atoms. The van der Waals surface area contributed by atoms with Crippen LogP contribution in [0.4, 0.5) is 11.4 Å². The Morgan fingerprint density at radius 1 is 0.939 bits per heavy atom. The Bertz CT molecular complexity index is 1720. The highest BCUT2D eigenvalue weighted by atomic mass is 16.5. The summed E-state index contributed by atoms with van der Waals surface area (Å²) in [6.07, 6.45) is 4.11. The molecule has 1 N–H and O–H groups in total. The van der Waals surface area contributed by atoms with Crippen LogP contribution in [-0.4, -0.2) is 70.7 Å². The van der Waals surface area contributed by atoms with E-state index in [1.807, 2.05) is 107 Å². The van der Waals surface area contributed by atoms with Crippen LogP contribution in [0.3, 0.4) is 0 Å². The molecule has 2 bridgehead atoms. The van der Waals surface area contributed by atoms with Crippen molar-refractivity contribution in [1.82, 2.24) is 4.90 Å². The number of anilines is 2. The van der Waals surface area contributed by atoms with Crippen molar-refractivity contribution in [2.45, 2.75) is 63.8 Å². The minimum atomic E-state index is -1.29. The molecule has 3 aliphatic heterocycles. The molecule has 3 heterocycles. The number of aliphatic hydroxyl groups is 1. The number of para-hydroxylation sites is 2. The molecule has 3 aromatic rings. The van der Waals surface area contributed by atoms with E-state index in [9.17, 15) is 9.90 Å². The smallest absolute Gasteiger partial charge is 0.253 e. The van der Waals surface area contributed by atoms with Gasteiger partial charge in [-0.15, -0.1) is 13.2 Å². The molecule has 3 unspecified atom stereocenters. The maximum absolute atomic E-state index is 15.4. The number of carbonyl (C=O) groups excluding carboxylic acids is 3. The lowest BCUT2D eigenvalue weighted by molar-refractivity contribution is -0.149. The minimum Gasteiger partial charge on any atom is -0.394 e. The lowest BCUT2D eigenvalue weighted by atomic mass is 9.62. The van der Waals surface area contributed by atoms with Gasteiger partial charge in [0, 0.05) is 24.5 Å². The lowest BCUT2D eigenvalue weighted by Gasteiger charge is -2.40. The Kier molecular flexibility index (Phi) is 9.40. The first-order valence-electron chi connectivity index (χ1n) is 17.2. The van der Waals surface area contributed by atoms with Gasteiger partial charge in [0.2, 0.25) is 11.8 Å². The first-order valence-corrected chi connectivity index (χ1v) is 17.2. The Balaban J connectivity index is 1.52. The summed E-state index contributed by atoms with van der Waals surface area (Å²) in [5.74, 6) is -2.83. The van der Waals surface area contributed by atoms with Crippen molar-refractivity contribution in [3.63, 3.8) is 0 Å². The molecule has 3 amide bonds. The summed E-state index contributed by atoms with van der Waals surface area (Å²) in [7, 11) is 0. The monoisotopic (exact) mass is 661 g/mol. The second-order valence-corrected chi connectivity index (χ2v) is 14.0. The number of aliphatic hydroxyl groups excluding tert-OH is 1. The lowest BCUT2D eigenvalue weighted by Crippen LogP contribution is -2.59. The van der Waals surface area contributed by atoms with E-state index in [4.69, 9.17) is 4.74 Å². The maximum atomic E-state index is 15.4. The summed E-state index contributed by atoms with van der Waals surface area (Å²) < 4.78 is 7.09. The molecule has 7 atom stereocenters. The molecule has 0 aliphatic carbocycles. The third-order valence-electron chi connectivity index (χ3n) is 11.1. The molecule has 0 radical (unpaired) electrons. The number of benzene rings is 3. The Morgan fingerprint density at radius 3 is 2.12 bits per heavy atom. The van der Waals surface area contributed by atoms with Crippen LogP contribution in [0.25, 0.3) is 0 Å². The van der Waals surface area contributed by atoms with Gasteiger partial charge in [0.25, 0.3) is 5.91 Å². The average molecular weight is 662 g/mol.